The topological polar surface area (TPSA) is 38.0 Å². The molecule has 0 aliphatic rings. The van der Waals surface area contributed by atoms with Crippen LogP contribution in [-0.4, -0.2) is 4.99 Å². The van der Waals surface area contributed by atoms with Crippen LogP contribution in [0.5, 0.6) is 0 Å². The normalized spacial score (nSPS) is 11.2. The highest BCUT2D eigenvalue weighted by Gasteiger charge is 2.33. The van der Waals surface area contributed by atoms with Crippen molar-refractivity contribution in [2.45, 2.75) is 6.18 Å². The number of anilines is 2. The summed E-state index contributed by atoms with van der Waals surface area (Å²) >= 11 is 8.14. The number of hydrogen-bond donors (Lipinski definition) is 2. The predicted molar refractivity (Wildman–Crippen MR) is 84.8 cm³/mol. The highest BCUT2D eigenvalue weighted by atomic mass is 79.9. The number of hydrogen-bond acceptors (Lipinski definition) is 2. The molecule has 2 rings (SSSR count). The molecule has 0 fully saturated rings. The molecule has 21 heavy (non-hydrogen) atoms. The van der Waals surface area contributed by atoms with Crippen LogP contribution >= 0.6 is 28.1 Å². The second kappa shape index (κ2) is 6.03. The van der Waals surface area contributed by atoms with E-state index < -0.39 is 11.7 Å². The molecular weight excluding hydrogens is 365 g/mol. The molecule has 0 aromatic heterocycles. The number of nitrogens with one attached hydrogen (secondary N) is 1. The minimum atomic E-state index is -4.42. The van der Waals surface area contributed by atoms with Crippen LogP contribution in [0.2, 0.25) is 0 Å². The predicted octanol–water partition coefficient (Wildman–Crippen LogP) is 4.85. The fourth-order valence-corrected chi connectivity index (χ4v) is 2.36. The second-order valence-electron chi connectivity index (χ2n) is 4.23. The fourth-order valence-electron chi connectivity index (χ4n) is 1.75. The first kappa shape index (κ1) is 15.8. The van der Waals surface area contributed by atoms with Crippen molar-refractivity contribution in [1.82, 2.24) is 0 Å². The number of para-hydroxylation sites is 1. The lowest BCUT2D eigenvalue weighted by molar-refractivity contribution is -0.136. The van der Waals surface area contributed by atoms with E-state index in [1.54, 1.807) is 18.2 Å². The maximum atomic E-state index is 12.9. The Kier molecular flexibility index (Phi) is 4.53. The largest absolute Gasteiger partial charge is 0.418 e. The highest BCUT2D eigenvalue weighted by Crippen LogP contribution is 2.37. The maximum absolute atomic E-state index is 12.9. The van der Waals surface area contributed by atoms with Gasteiger partial charge in [0, 0.05) is 10.0 Å². The van der Waals surface area contributed by atoms with E-state index in [0.717, 1.165) is 6.07 Å². The Morgan fingerprint density at radius 2 is 1.76 bits per heavy atom. The molecule has 0 aliphatic carbocycles. The number of nitrogens with two attached hydrogens (primary N) is 1. The fraction of sp³-hybridized carbons (Fsp3) is 0.0714. The van der Waals surface area contributed by atoms with Gasteiger partial charge in [0.05, 0.1) is 16.9 Å². The molecular formula is C14H10BrF3N2S. The van der Waals surface area contributed by atoms with Crippen LogP contribution in [0, 0.1) is 0 Å². The first-order valence-corrected chi connectivity index (χ1v) is 7.02. The minimum Gasteiger partial charge on any atom is -0.389 e. The quantitative estimate of drug-likeness (QED) is 0.754. The lowest BCUT2D eigenvalue weighted by Crippen LogP contribution is -2.10. The molecule has 0 saturated heterocycles. The van der Waals surface area contributed by atoms with E-state index in [9.17, 15) is 13.2 Å². The van der Waals surface area contributed by atoms with Crippen LogP contribution < -0.4 is 11.1 Å². The van der Waals surface area contributed by atoms with Crippen molar-refractivity contribution < 1.29 is 13.2 Å². The zero-order valence-electron chi connectivity index (χ0n) is 10.5. The first-order chi connectivity index (χ1) is 9.79. The van der Waals surface area contributed by atoms with E-state index in [1.165, 1.54) is 18.2 Å². The monoisotopic (exact) mass is 374 g/mol. The van der Waals surface area contributed by atoms with E-state index in [0.29, 0.717) is 15.7 Å². The Morgan fingerprint density at radius 3 is 2.33 bits per heavy atom. The minimum absolute atomic E-state index is 0.0197. The number of rotatable bonds is 3. The summed E-state index contributed by atoms with van der Waals surface area (Å²) in [5.74, 6) is 0. The molecule has 0 aliphatic heterocycles. The lowest BCUT2D eigenvalue weighted by Gasteiger charge is -2.15. The van der Waals surface area contributed by atoms with Gasteiger partial charge in [-0.25, -0.2) is 0 Å². The van der Waals surface area contributed by atoms with Crippen LogP contribution in [0.4, 0.5) is 24.5 Å². The number of alkyl halides is 3. The molecule has 3 N–H and O–H groups in total. The van der Waals surface area contributed by atoms with Crippen LogP contribution in [0.15, 0.2) is 46.9 Å². The van der Waals surface area contributed by atoms with Gasteiger partial charge in [-0.05, 0) is 46.3 Å². The third kappa shape index (κ3) is 3.74. The summed E-state index contributed by atoms with van der Waals surface area (Å²) in [5.41, 5.74) is 5.89. The van der Waals surface area contributed by atoms with Crippen LogP contribution in [0.25, 0.3) is 0 Å². The van der Waals surface area contributed by atoms with Gasteiger partial charge < -0.3 is 11.1 Å². The molecule has 0 spiro atoms. The summed E-state index contributed by atoms with van der Waals surface area (Å²) in [7, 11) is 0. The number of benzene rings is 2. The second-order valence-corrected chi connectivity index (χ2v) is 5.52. The SMILES string of the molecule is NC(=S)c1ccc(Nc2ccccc2C(F)(F)F)c(Br)c1. The molecule has 7 heteroatoms. The van der Waals surface area contributed by atoms with Gasteiger partial charge in [0.1, 0.15) is 4.99 Å². The molecule has 0 bridgehead atoms. The molecule has 0 saturated carbocycles. The van der Waals surface area contributed by atoms with E-state index in [-0.39, 0.29) is 10.7 Å². The summed E-state index contributed by atoms with van der Waals surface area (Å²) in [4.78, 5) is 0.220. The number of halogens is 4. The van der Waals surface area contributed by atoms with Crippen molar-refractivity contribution >= 4 is 44.5 Å². The Morgan fingerprint density at radius 1 is 1.10 bits per heavy atom. The van der Waals surface area contributed by atoms with Gasteiger partial charge in [-0.3, -0.25) is 0 Å². The molecule has 0 heterocycles. The van der Waals surface area contributed by atoms with Gasteiger partial charge in [-0.2, -0.15) is 13.2 Å². The third-order valence-electron chi connectivity index (χ3n) is 2.76. The summed E-state index contributed by atoms with van der Waals surface area (Å²) in [5, 5.41) is 2.76. The Bertz CT molecular complexity index is 686. The average molecular weight is 375 g/mol. The van der Waals surface area contributed by atoms with E-state index >= 15 is 0 Å². The zero-order valence-corrected chi connectivity index (χ0v) is 12.9. The maximum Gasteiger partial charge on any atom is 0.418 e. The summed E-state index contributed by atoms with van der Waals surface area (Å²) < 4.78 is 39.4. The Balaban J connectivity index is 2.38. The summed E-state index contributed by atoms with van der Waals surface area (Å²) in [6.45, 7) is 0. The zero-order chi connectivity index (χ0) is 15.6. The van der Waals surface area contributed by atoms with Crippen molar-refractivity contribution in [3.8, 4) is 0 Å². The van der Waals surface area contributed by atoms with Crippen molar-refractivity contribution in [1.29, 1.82) is 0 Å². The van der Waals surface area contributed by atoms with Gasteiger partial charge in [-0.15, -0.1) is 0 Å². The molecule has 0 amide bonds. The first-order valence-electron chi connectivity index (χ1n) is 5.81. The van der Waals surface area contributed by atoms with Gasteiger partial charge in [-0.1, -0.05) is 24.4 Å². The van der Waals surface area contributed by atoms with E-state index in [1.807, 2.05) is 0 Å². The van der Waals surface area contributed by atoms with Gasteiger partial charge in [0.2, 0.25) is 0 Å². The molecule has 0 atom stereocenters. The Labute approximate surface area is 133 Å². The van der Waals surface area contributed by atoms with Gasteiger partial charge in [0.15, 0.2) is 0 Å². The molecule has 0 unspecified atom stereocenters. The highest BCUT2D eigenvalue weighted by molar-refractivity contribution is 9.10. The lowest BCUT2D eigenvalue weighted by atomic mass is 10.1. The van der Waals surface area contributed by atoms with Crippen LogP contribution in [-0.2, 0) is 6.18 Å². The van der Waals surface area contributed by atoms with Crippen LogP contribution in [0.3, 0.4) is 0 Å². The molecule has 2 aromatic carbocycles. The van der Waals surface area contributed by atoms with Crippen LogP contribution in [0.1, 0.15) is 11.1 Å². The third-order valence-corrected chi connectivity index (χ3v) is 3.65. The molecule has 110 valence electrons. The molecule has 0 radical (unpaired) electrons. The van der Waals surface area contributed by atoms with Crippen molar-refractivity contribution in [2.75, 3.05) is 5.32 Å². The standard InChI is InChI=1S/C14H10BrF3N2S/c15-10-7-8(13(19)21)5-6-12(10)20-11-4-2-1-3-9(11)14(16,17)18/h1-7,20H,(H2,19,21). The summed E-state index contributed by atoms with van der Waals surface area (Å²) in [6, 6.07) is 10.2. The van der Waals surface area contributed by atoms with E-state index in [2.05, 4.69) is 21.2 Å². The van der Waals surface area contributed by atoms with Crippen molar-refractivity contribution in [3.05, 3.63) is 58.1 Å². The van der Waals surface area contributed by atoms with E-state index in [4.69, 9.17) is 18.0 Å². The number of thiocarbonyl (C=S) groups is 1. The van der Waals surface area contributed by atoms with Crippen molar-refractivity contribution in [3.63, 3.8) is 0 Å². The van der Waals surface area contributed by atoms with Crippen molar-refractivity contribution in [2.24, 2.45) is 5.73 Å². The molecule has 2 nitrogen and oxygen atoms in total. The summed E-state index contributed by atoms with van der Waals surface area (Å²) in [6.07, 6.45) is -4.42. The van der Waals surface area contributed by atoms with Gasteiger partial charge >= 0.3 is 6.18 Å². The Hall–Kier alpha value is -1.60. The average Bonchev–Trinajstić information content (AvgIpc) is 2.40. The van der Waals surface area contributed by atoms with Gasteiger partial charge in [0.25, 0.3) is 0 Å². The molecule has 2 aromatic rings. The smallest absolute Gasteiger partial charge is 0.389 e.